The van der Waals surface area contributed by atoms with Crippen LogP contribution in [0.1, 0.15) is 33.6 Å². The molecule has 0 aliphatic carbocycles. The molecule has 3 rings (SSSR count). The van der Waals surface area contributed by atoms with Crippen LogP contribution in [0, 0.1) is 0 Å². The van der Waals surface area contributed by atoms with E-state index in [1.165, 1.54) is 11.1 Å². The molecule has 1 aliphatic heterocycles. The number of amides is 2. The summed E-state index contributed by atoms with van der Waals surface area (Å²) in [6.45, 7) is 0. The molecule has 3 N–H and O–H groups in total. The molecule has 0 bridgehead atoms. The summed E-state index contributed by atoms with van der Waals surface area (Å²) in [5, 5.41) is 4.24. The summed E-state index contributed by atoms with van der Waals surface area (Å²) >= 11 is 0.439. The van der Waals surface area contributed by atoms with E-state index in [9.17, 15) is 4.79 Å². The van der Waals surface area contributed by atoms with Crippen molar-refractivity contribution in [2.75, 3.05) is 0 Å². The Morgan fingerprint density at radius 1 is 0.957 bits per heavy atom. The van der Waals surface area contributed by atoms with Gasteiger partial charge in [-0.1, -0.05) is 0 Å². The Labute approximate surface area is 142 Å². The van der Waals surface area contributed by atoms with Gasteiger partial charge in [0.15, 0.2) is 0 Å². The van der Waals surface area contributed by atoms with Crippen molar-refractivity contribution in [1.29, 1.82) is 0 Å². The molecule has 1 aliphatic rings. The summed E-state index contributed by atoms with van der Waals surface area (Å²) in [4.78, 5) is 11.9. The van der Waals surface area contributed by atoms with Crippen LogP contribution in [0.15, 0.2) is 65.8 Å². The van der Waals surface area contributed by atoms with Gasteiger partial charge in [0.1, 0.15) is 0 Å². The van der Waals surface area contributed by atoms with Crippen molar-refractivity contribution < 1.29 is 4.79 Å². The number of hydrazone groups is 1. The Hall–Kier alpha value is -2.10. The molecule has 1 saturated heterocycles. The van der Waals surface area contributed by atoms with Crippen LogP contribution in [0.4, 0.5) is 4.79 Å². The van der Waals surface area contributed by atoms with Gasteiger partial charge >= 0.3 is 142 Å². The maximum absolute atomic E-state index is 11.0. The summed E-state index contributed by atoms with van der Waals surface area (Å²) in [5.41, 5.74) is 11.2. The van der Waals surface area contributed by atoms with E-state index in [2.05, 4.69) is 59.1 Å². The van der Waals surface area contributed by atoms with Crippen molar-refractivity contribution in [3.05, 3.63) is 71.8 Å². The molecule has 5 heteroatoms. The third-order valence-electron chi connectivity index (χ3n) is 3.84. The fourth-order valence-electron chi connectivity index (χ4n) is 2.76. The third-order valence-corrected chi connectivity index (χ3v) is 7.06. The minimum absolute atomic E-state index is 0.439. The van der Waals surface area contributed by atoms with E-state index >= 15 is 0 Å². The number of urea groups is 1. The number of hydrogen-bond donors (Lipinski definition) is 2. The quantitative estimate of drug-likeness (QED) is 0.631. The number of nitrogens with two attached hydrogens (primary N) is 1. The van der Waals surface area contributed by atoms with Crippen molar-refractivity contribution >= 4 is 26.7 Å². The second-order valence-corrected chi connectivity index (χ2v) is 8.46. The number of hydrogen-bond acceptors (Lipinski definition) is 2. The predicted molar refractivity (Wildman–Crippen MR) is 93.5 cm³/mol. The minimum atomic E-state index is -0.610. The van der Waals surface area contributed by atoms with Crippen LogP contribution >= 0.6 is 0 Å². The Morgan fingerprint density at radius 2 is 1.43 bits per heavy atom. The van der Waals surface area contributed by atoms with Crippen LogP contribution in [-0.2, 0) is 0 Å². The average Bonchev–Trinajstić information content (AvgIpc) is 2.61. The molecule has 0 spiro atoms. The second kappa shape index (κ2) is 7.44. The summed E-state index contributed by atoms with van der Waals surface area (Å²) in [7, 11) is 0. The van der Waals surface area contributed by atoms with Crippen LogP contribution in [-0.4, -0.2) is 26.7 Å². The van der Waals surface area contributed by atoms with Gasteiger partial charge in [-0.05, 0) is 0 Å². The third kappa shape index (κ3) is 4.21. The van der Waals surface area contributed by atoms with Gasteiger partial charge in [-0.3, -0.25) is 0 Å². The van der Waals surface area contributed by atoms with Gasteiger partial charge < -0.3 is 0 Å². The summed E-state index contributed by atoms with van der Waals surface area (Å²) in [6, 6.07) is 20.5. The van der Waals surface area contributed by atoms with E-state index in [1.807, 2.05) is 12.1 Å². The van der Waals surface area contributed by atoms with Crippen molar-refractivity contribution in [2.24, 2.45) is 10.8 Å². The molecule has 2 atom stereocenters. The standard InChI is InChI=1S/C18H19N3OSe/c19-18(22)21-20-15-11-16(13-7-3-1-4-8-13)23-17(12-15)14-9-5-2-6-10-14/h1-10,16-17H,11-12H2,(H3,19,21,22). The van der Waals surface area contributed by atoms with Crippen LogP contribution < -0.4 is 11.2 Å². The first-order valence-corrected chi connectivity index (χ1v) is 9.56. The topological polar surface area (TPSA) is 67.5 Å². The number of carbonyl (C=O) groups is 1. The zero-order valence-corrected chi connectivity index (χ0v) is 14.4. The number of primary amides is 1. The molecule has 4 nitrogen and oxygen atoms in total. The Balaban J connectivity index is 1.86. The van der Waals surface area contributed by atoms with E-state index < -0.39 is 6.03 Å². The van der Waals surface area contributed by atoms with Gasteiger partial charge in [-0.2, -0.15) is 0 Å². The Kier molecular flexibility index (Phi) is 5.11. The number of nitrogens with one attached hydrogen (secondary N) is 1. The maximum atomic E-state index is 11.0. The molecule has 2 unspecified atom stereocenters. The Morgan fingerprint density at radius 3 is 1.87 bits per heavy atom. The van der Waals surface area contributed by atoms with Crippen LogP contribution in [0.2, 0.25) is 0 Å². The molecule has 0 radical (unpaired) electrons. The van der Waals surface area contributed by atoms with Gasteiger partial charge in [-0.15, -0.1) is 0 Å². The zero-order valence-electron chi connectivity index (χ0n) is 12.7. The van der Waals surface area contributed by atoms with Crippen molar-refractivity contribution in [1.82, 2.24) is 5.43 Å². The first kappa shape index (κ1) is 15.8. The van der Waals surface area contributed by atoms with Crippen LogP contribution in [0.25, 0.3) is 0 Å². The molecule has 2 aromatic carbocycles. The SMILES string of the molecule is NC(=O)NN=C1CC(c2ccccc2)[Se]C(c2ccccc2)C1. The fourth-order valence-corrected chi connectivity index (χ4v) is 6.12. The number of rotatable bonds is 3. The molecular weight excluding hydrogens is 353 g/mol. The van der Waals surface area contributed by atoms with Crippen molar-refractivity contribution in [3.8, 4) is 0 Å². The summed E-state index contributed by atoms with van der Waals surface area (Å²) < 4.78 is 0. The van der Waals surface area contributed by atoms with Crippen LogP contribution in [0.5, 0.6) is 0 Å². The molecule has 0 saturated carbocycles. The van der Waals surface area contributed by atoms with Crippen molar-refractivity contribution in [2.45, 2.75) is 22.5 Å². The first-order chi connectivity index (χ1) is 11.2. The molecule has 23 heavy (non-hydrogen) atoms. The van der Waals surface area contributed by atoms with Crippen molar-refractivity contribution in [3.63, 3.8) is 0 Å². The van der Waals surface area contributed by atoms with E-state index in [0.29, 0.717) is 24.6 Å². The Bertz CT molecular complexity index is 638. The summed E-state index contributed by atoms with van der Waals surface area (Å²) in [6.07, 6.45) is 1.77. The molecule has 1 fully saturated rings. The number of carbonyl (C=O) groups excluding carboxylic acids is 1. The molecule has 118 valence electrons. The van der Waals surface area contributed by atoms with Gasteiger partial charge in [0.05, 0.1) is 0 Å². The monoisotopic (exact) mass is 373 g/mol. The number of nitrogens with zero attached hydrogens (tertiary/aromatic N) is 1. The van der Waals surface area contributed by atoms with E-state index in [-0.39, 0.29) is 0 Å². The fraction of sp³-hybridized carbons (Fsp3) is 0.222. The molecule has 2 amide bonds. The van der Waals surface area contributed by atoms with Crippen LogP contribution in [0.3, 0.4) is 0 Å². The predicted octanol–water partition coefficient (Wildman–Crippen LogP) is 2.99. The first-order valence-electron chi connectivity index (χ1n) is 7.58. The van der Waals surface area contributed by atoms with Gasteiger partial charge in [-0.25, -0.2) is 0 Å². The van der Waals surface area contributed by atoms with E-state index in [0.717, 1.165) is 18.6 Å². The van der Waals surface area contributed by atoms with E-state index in [4.69, 9.17) is 5.73 Å². The molecular formula is C18H19N3OSe. The van der Waals surface area contributed by atoms with E-state index in [1.54, 1.807) is 0 Å². The normalized spacial score (nSPS) is 20.8. The van der Waals surface area contributed by atoms with Gasteiger partial charge in [0, 0.05) is 0 Å². The van der Waals surface area contributed by atoms with Gasteiger partial charge in [0.2, 0.25) is 0 Å². The zero-order chi connectivity index (χ0) is 16.1. The molecule has 1 heterocycles. The average molecular weight is 372 g/mol. The number of benzene rings is 2. The second-order valence-electron chi connectivity index (χ2n) is 5.50. The van der Waals surface area contributed by atoms with Gasteiger partial charge in [0.25, 0.3) is 0 Å². The summed E-state index contributed by atoms with van der Waals surface area (Å²) in [5.74, 6) is 0. The molecule has 2 aromatic rings. The molecule has 0 aromatic heterocycles.